The van der Waals surface area contributed by atoms with Gasteiger partial charge in [0.05, 0.1) is 5.56 Å². The molecule has 0 fully saturated rings. The van der Waals surface area contributed by atoms with Crippen molar-refractivity contribution in [2.45, 2.75) is 20.5 Å². The number of aryl methyl sites for hydroxylation is 1. The Morgan fingerprint density at radius 2 is 1.75 bits per heavy atom. The molecule has 130 valence electrons. The van der Waals surface area contributed by atoms with Gasteiger partial charge in [0.25, 0.3) is 5.91 Å². The predicted molar refractivity (Wildman–Crippen MR) is 100 cm³/mol. The van der Waals surface area contributed by atoms with Crippen LogP contribution in [-0.2, 0) is 6.61 Å². The van der Waals surface area contributed by atoms with Crippen molar-refractivity contribution < 1.29 is 9.53 Å². The number of rotatable bonds is 8. The number of likely N-dealkylation sites (N-methyl/N-ethyl adjacent to an activating group) is 1. The topological polar surface area (TPSA) is 50.4 Å². The summed E-state index contributed by atoms with van der Waals surface area (Å²) in [6.07, 6.45) is 0. The summed E-state index contributed by atoms with van der Waals surface area (Å²) < 4.78 is 5.88. The minimum atomic E-state index is -0.108. The number of para-hydroxylation sites is 1. The third kappa shape index (κ3) is 5.87. The highest BCUT2D eigenvalue weighted by Crippen LogP contribution is 2.20. The lowest BCUT2D eigenvalue weighted by molar-refractivity contribution is 0.0949. The summed E-state index contributed by atoms with van der Waals surface area (Å²) in [5.41, 5.74) is 2.87. The molecule has 0 unspecified atom stereocenters. The van der Waals surface area contributed by atoms with E-state index >= 15 is 0 Å². The molecular formula is C19H25ClN2O2. The average Bonchev–Trinajstić information content (AvgIpc) is 2.58. The Labute approximate surface area is 150 Å². The van der Waals surface area contributed by atoms with Crippen molar-refractivity contribution in [3.05, 3.63) is 65.2 Å². The zero-order chi connectivity index (χ0) is 16.5. The highest BCUT2D eigenvalue weighted by atomic mass is 35.5. The second-order valence-electron chi connectivity index (χ2n) is 5.32. The first-order chi connectivity index (χ1) is 11.2. The molecule has 2 rings (SSSR count). The van der Waals surface area contributed by atoms with E-state index in [2.05, 4.69) is 23.6 Å². The SMILES string of the molecule is CCNCCNC(=O)c1ccccc1OCc1ccccc1C.Cl. The molecule has 0 bridgehead atoms. The summed E-state index contributed by atoms with van der Waals surface area (Å²) >= 11 is 0. The van der Waals surface area contributed by atoms with Crippen LogP contribution < -0.4 is 15.4 Å². The number of carbonyl (C=O) groups excluding carboxylic acids is 1. The van der Waals surface area contributed by atoms with E-state index in [0.29, 0.717) is 24.5 Å². The Kier molecular flexibility index (Phi) is 8.90. The van der Waals surface area contributed by atoms with Crippen LogP contribution in [0.4, 0.5) is 0 Å². The summed E-state index contributed by atoms with van der Waals surface area (Å²) in [7, 11) is 0. The molecule has 0 aliphatic heterocycles. The minimum Gasteiger partial charge on any atom is -0.488 e. The Bertz CT molecular complexity index is 647. The molecule has 0 heterocycles. The molecule has 0 radical (unpaired) electrons. The Balaban J connectivity index is 0.00000288. The summed E-state index contributed by atoms with van der Waals surface area (Å²) in [5, 5.41) is 6.08. The zero-order valence-electron chi connectivity index (χ0n) is 14.2. The van der Waals surface area contributed by atoms with Gasteiger partial charge in [-0.1, -0.05) is 43.3 Å². The molecule has 4 nitrogen and oxygen atoms in total. The van der Waals surface area contributed by atoms with Gasteiger partial charge in [0.2, 0.25) is 0 Å². The normalized spacial score (nSPS) is 9.92. The van der Waals surface area contributed by atoms with Crippen molar-refractivity contribution >= 4 is 18.3 Å². The molecule has 0 saturated carbocycles. The minimum absolute atomic E-state index is 0. The van der Waals surface area contributed by atoms with Gasteiger partial charge in [-0.25, -0.2) is 0 Å². The lowest BCUT2D eigenvalue weighted by atomic mass is 10.1. The molecule has 0 aromatic heterocycles. The molecular weight excluding hydrogens is 324 g/mol. The molecule has 0 aliphatic carbocycles. The molecule has 0 saturated heterocycles. The van der Waals surface area contributed by atoms with E-state index in [4.69, 9.17) is 4.74 Å². The van der Waals surface area contributed by atoms with Crippen LogP contribution in [0.1, 0.15) is 28.4 Å². The van der Waals surface area contributed by atoms with Crippen molar-refractivity contribution in [2.24, 2.45) is 0 Å². The van der Waals surface area contributed by atoms with Crippen LogP contribution in [-0.4, -0.2) is 25.5 Å². The van der Waals surface area contributed by atoms with Gasteiger partial charge in [-0.3, -0.25) is 4.79 Å². The van der Waals surface area contributed by atoms with E-state index in [0.717, 1.165) is 18.7 Å². The Hall–Kier alpha value is -2.04. The summed E-state index contributed by atoms with van der Waals surface area (Å²) in [6, 6.07) is 15.4. The maximum atomic E-state index is 12.3. The maximum Gasteiger partial charge on any atom is 0.255 e. The number of benzene rings is 2. The molecule has 2 aromatic rings. The van der Waals surface area contributed by atoms with Crippen LogP contribution in [0.15, 0.2) is 48.5 Å². The van der Waals surface area contributed by atoms with Crippen molar-refractivity contribution in [1.82, 2.24) is 10.6 Å². The number of halogens is 1. The van der Waals surface area contributed by atoms with Gasteiger partial charge >= 0.3 is 0 Å². The fraction of sp³-hybridized carbons (Fsp3) is 0.316. The van der Waals surface area contributed by atoms with Crippen LogP contribution in [0.3, 0.4) is 0 Å². The van der Waals surface area contributed by atoms with Gasteiger partial charge in [0.1, 0.15) is 12.4 Å². The smallest absolute Gasteiger partial charge is 0.255 e. The first-order valence-electron chi connectivity index (χ1n) is 7.97. The number of nitrogens with one attached hydrogen (secondary N) is 2. The fourth-order valence-corrected chi connectivity index (χ4v) is 2.24. The van der Waals surface area contributed by atoms with E-state index in [1.165, 1.54) is 5.56 Å². The summed E-state index contributed by atoms with van der Waals surface area (Å²) in [6.45, 7) is 6.79. The van der Waals surface area contributed by atoms with Crippen molar-refractivity contribution in [1.29, 1.82) is 0 Å². The third-order valence-electron chi connectivity index (χ3n) is 3.61. The van der Waals surface area contributed by atoms with Crippen LogP contribution in [0.25, 0.3) is 0 Å². The molecule has 1 amide bonds. The van der Waals surface area contributed by atoms with E-state index in [1.54, 1.807) is 6.07 Å². The van der Waals surface area contributed by atoms with Crippen LogP contribution in [0.5, 0.6) is 5.75 Å². The first kappa shape index (κ1) is 20.0. The van der Waals surface area contributed by atoms with E-state index < -0.39 is 0 Å². The highest BCUT2D eigenvalue weighted by molar-refractivity contribution is 5.96. The van der Waals surface area contributed by atoms with Crippen LogP contribution in [0, 0.1) is 6.92 Å². The third-order valence-corrected chi connectivity index (χ3v) is 3.61. The molecule has 2 aromatic carbocycles. The molecule has 2 N–H and O–H groups in total. The average molecular weight is 349 g/mol. The monoisotopic (exact) mass is 348 g/mol. The van der Waals surface area contributed by atoms with Crippen molar-refractivity contribution in [3.63, 3.8) is 0 Å². The van der Waals surface area contributed by atoms with Gasteiger partial charge in [0, 0.05) is 13.1 Å². The van der Waals surface area contributed by atoms with Gasteiger partial charge in [0.15, 0.2) is 0 Å². The molecule has 5 heteroatoms. The zero-order valence-corrected chi connectivity index (χ0v) is 15.0. The van der Waals surface area contributed by atoms with Crippen LogP contribution >= 0.6 is 12.4 Å². The number of hydrogen-bond acceptors (Lipinski definition) is 3. The lowest BCUT2D eigenvalue weighted by Crippen LogP contribution is -2.31. The molecule has 0 spiro atoms. The highest BCUT2D eigenvalue weighted by Gasteiger charge is 2.11. The molecule has 24 heavy (non-hydrogen) atoms. The standard InChI is InChI=1S/C19H24N2O2.ClH/c1-3-20-12-13-21-19(22)17-10-6-7-11-18(17)23-14-16-9-5-4-8-15(16)2;/h4-11,20H,3,12-14H2,1-2H3,(H,21,22);1H. The molecule has 0 atom stereocenters. The predicted octanol–water partition coefficient (Wildman–Crippen LogP) is 3.34. The summed E-state index contributed by atoms with van der Waals surface area (Å²) in [5.74, 6) is 0.500. The van der Waals surface area contributed by atoms with E-state index in [-0.39, 0.29) is 18.3 Å². The van der Waals surface area contributed by atoms with Gasteiger partial charge in [-0.05, 0) is 36.7 Å². The number of carbonyl (C=O) groups is 1. The second kappa shape index (κ2) is 10.7. The van der Waals surface area contributed by atoms with Crippen molar-refractivity contribution in [3.8, 4) is 5.75 Å². The fourth-order valence-electron chi connectivity index (χ4n) is 2.24. The van der Waals surface area contributed by atoms with Gasteiger partial charge < -0.3 is 15.4 Å². The van der Waals surface area contributed by atoms with Crippen molar-refractivity contribution in [2.75, 3.05) is 19.6 Å². The van der Waals surface area contributed by atoms with E-state index in [9.17, 15) is 4.79 Å². The number of amides is 1. The number of hydrogen-bond donors (Lipinski definition) is 2. The Morgan fingerprint density at radius 1 is 1.04 bits per heavy atom. The second-order valence-corrected chi connectivity index (χ2v) is 5.32. The van der Waals surface area contributed by atoms with E-state index in [1.807, 2.05) is 43.3 Å². The maximum absolute atomic E-state index is 12.3. The van der Waals surface area contributed by atoms with Crippen LogP contribution in [0.2, 0.25) is 0 Å². The number of ether oxygens (including phenoxy) is 1. The summed E-state index contributed by atoms with van der Waals surface area (Å²) in [4.78, 5) is 12.3. The van der Waals surface area contributed by atoms with Gasteiger partial charge in [-0.15, -0.1) is 12.4 Å². The lowest BCUT2D eigenvalue weighted by Gasteiger charge is -2.13. The molecule has 0 aliphatic rings. The first-order valence-corrected chi connectivity index (χ1v) is 7.97. The quantitative estimate of drug-likeness (QED) is 0.719. The largest absolute Gasteiger partial charge is 0.488 e. The Morgan fingerprint density at radius 3 is 2.50 bits per heavy atom. The van der Waals surface area contributed by atoms with Gasteiger partial charge in [-0.2, -0.15) is 0 Å².